The highest BCUT2D eigenvalue weighted by atomic mass is 32.2. The van der Waals surface area contributed by atoms with Gasteiger partial charge in [-0.05, 0) is 18.1 Å². The third-order valence-electron chi connectivity index (χ3n) is 2.68. The third-order valence-corrected chi connectivity index (χ3v) is 4.54. The normalized spacial score (nSPS) is 12.1. The minimum Gasteiger partial charge on any atom is -0.478 e. The van der Waals surface area contributed by atoms with Crippen LogP contribution in [-0.2, 0) is 26.7 Å². The number of aromatic carboxylic acids is 2. The van der Waals surface area contributed by atoms with Crippen LogP contribution in [0, 0.1) is 0 Å². The van der Waals surface area contributed by atoms with E-state index in [1.807, 2.05) is 0 Å². The van der Waals surface area contributed by atoms with E-state index >= 15 is 0 Å². The quantitative estimate of drug-likeness (QED) is 0.530. The van der Waals surface area contributed by atoms with Gasteiger partial charge in [-0.2, -0.15) is 16.8 Å². The van der Waals surface area contributed by atoms with E-state index in [9.17, 15) is 26.4 Å². The van der Waals surface area contributed by atoms with Crippen LogP contribution < -0.4 is 0 Å². The van der Waals surface area contributed by atoms with Crippen LogP contribution in [0.25, 0.3) is 0 Å². The Bertz CT molecular complexity index is 863. The Hall–Kier alpha value is -2.02. The minimum atomic E-state index is -5.16. The number of hydrogen-bond acceptors (Lipinski definition) is 6. The molecule has 0 amide bonds. The summed E-state index contributed by atoms with van der Waals surface area (Å²) in [4.78, 5) is 19.8. The van der Waals surface area contributed by atoms with Gasteiger partial charge in [0, 0.05) is 0 Å². The molecule has 0 spiro atoms. The number of carboxylic acids is 2. The molecule has 0 aliphatic carbocycles. The summed E-state index contributed by atoms with van der Waals surface area (Å²) in [6.45, 7) is 1.22. The molecule has 0 aliphatic rings. The summed E-state index contributed by atoms with van der Waals surface area (Å²) in [6, 6.07) is 0.170. The van der Waals surface area contributed by atoms with Gasteiger partial charge in [0.2, 0.25) is 0 Å². The van der Waals surface area contributed by atoms with Crippen molar-refractivity contribution in [2.45, 2.75) is 23.1 Å². The first-order valence-electron chi connectivity index (χ1n) is 5.43. The van der Waals surface area contributed by atoms with Gasteiger partial charge in [0.15, 0.2) is 0 Å². The lowest BCUT2D eigenvalue weighted by Crippen LogP contribution is -2.19. The van der Waals surface area contributed by atoms with E-state index in [0.717, 1.165) is 0 Å². The molecule has 0 aliphatic heterocycles. The minimum absolute atomic E-state index is 0.170. The molecule has 0 atom stereocenters. The molecule has 4 N–H and O–H groups in total. The van der Waals surface area contributed by atoms with Crippen LogP contribution in [0.2, 0.25) is 0 Å². The van der Waals surface area contributed by atoms with Crippen molar-refractivity contribution in [1.82, 2.24) is 0 Å². The van der Waals surface area contributed by atoms with Crippen molar-refractivity contribution in [3.63, 3.8) is 0 Å². The van der Waals surface area contributed by atoms with Crippen molar-refractivity contribution in [2.75, 3.05) is 0 Å². The zero-order valence-corrected chi connectivity index (χ0v) is 12.5. The molecule has 1 aromatic carbocycles. The van der Waals surface area contributed by atoms with Crippen LogP contribution in [0.15, 0.2) is 15.9 Å². The van der Waals surface area contributed by atoms with E-state index in [1.165, 1.54) is 6.92 Å². The first kappa shape index (κ1) is 18.0. The molecule has 0 saturated heterocycles. The maximum Gasteiger partial charge on any atom is 0.337 e. The van der Waals surface area contributed by atoms with Crippen LogP contribution in [-0.4, -0.2) is 48.1 Å². The zero-order chi connectivity index (χ0) is 17.5. The lowest BCUT2D eigenvalue weighted by Gasteiger charge is -2.15. The molecule has 10 nitrogen and oxygen atoms in total. The van der Waals surface area contributed by atoms with Crippen molar-refractivity contribution in [1.29, 1.82) is 0 Å². The molecule has 122 valence electrons. The molecule has 0 heterocycles. The van der Waals surface area contributed by atoms with Crippen LogP contribution in [0.3, 0.4) is 0 Å². The van der Waals surface area contributed by atoms with Gasteiger partial charge in [-0.1, -0.05) is 6.92 Å². The van der Waals surface area contributed by atoms with E-state index < -0.39 is 65.1 Å². The summed E-state index contributed by atoms with van der Waals surface area (Å²) in [5.41, 5.74) is -3.04. The summed E-state index contributed by atoms with van der Waals surface area (Å²) in [7, 11) is -10.3. The van der Waals surface area contributed by atoms with Gasteiger partial charge in [-0.3, -0.25) is 9.11 Å². The van der Waals surface area contributed by atoms with Crippen LogP contribution in [0.1, 0.15) is 33.2 Å². The summed E-state index contributed by atoms with van der Waals surface area (Å²) < 4.78 is 63.4. The molecule has 0 radical (unpaired) electrons. The topological polar surface area (TPSA) is 183 Å². The highest BCUT2D eigenvalue weighted by molar-refractivity contribution is 7.86. The second kappa shape index (κ2) is 5.64. The Morgan fingerprint density at radius 3 is 1.77 bits per heavy atom. The Morgan fingerprint density at radius 2 is 1.50 bits per heavy atom. The van der Waals surface area contributed by atoms with Crippen LogP contribution in [0.4, 0.5) is 0 Å². The maximum atomic E-state index is 11.4. The number of rotatable bonds is 5. The Morgan fingerprint density at radius 1 is 1.00 bits per heavy atom. The predicted octanol–water partition coefficient (Wildman–Crippen LogP) is 0.139. The standard InChI is InChI=1S/C10H10O10S2/c1-2-4-7(10(13)14)6(21(15,16)17)3-5(9(11)12)8(4)22(18,19)20/h3H,2H2,1H3,(H,11,12)(H,13,14)(H,15,16,17)(H,18,19,20). The number of benzene rings is 1. The summed E-state index contributed by atoms with van der Waals surface area (Å²) in [6.07, 6.45) is -0.430. The highest BCUT2D eigenvalue weighted by Gasteiger charge is 2.33. The van der Waals surface area contributed by atoms with E-state index in [0.29, 0.717) is 0 Å². The molecule has 0 bridgehead atoms. The first-order valence-corrected chi connectivity index (χ1v) is 8.31. The lowest BCUT2D eigenvalue weighted by molar-refractivity contribution is 0.0672. The molecule has 0 saturated carbocycles. The Kier molecular flexibility index (Phi) is 4.62. The Balaban J connectivity index is 4.27. The van der Waals surface area contributed by atoms with Crippen molar-refractivity contribution in [3.05, 3.63) is 22.8 Å². The van der Waals surface area contributed by atoms with E-state index in [2.05, 4.69) is 0 Å². The van der Waals surface area contributed by atoms with E-state index in [4.69, 9.17) is 19.3 Å². The monoisotopic (exact) mass is 354 g/mol. The van der Waals surface area contributed by atoms with Crippen molar-refractivity contribution in [3.8, 4) is 0 Å². The average Bonchev–Trinajstić information content (AvgIpc) is 2.33. The third kappa shape index (κ3) is 3.24. The van der Waals surface area contributed by atoms with Gasteiger partial charge in [-0.25, -0.2) is 9.59 Å². The molecule has 1 rings (SSSR count). The fraction of sp³-hybridized carbons (Fsp3) is 0.200. The summed E-state index contributed by atoms with van der Waals surface area (Å²) in [5, 5.41) is 18.0. The highest BCUT2D eigenvalue weighted by Crippen LogP contribution is 2.31. The zero-order valence-electron chi connectivity index (χ0n) is 10.8. The van der Waals surface area contributed by atoms with Gasteiger partial charge in [0.1, 0.15) is 9.79 Å². The van der Waals surface area contributed by atoms with Gasteiger partial charge >= 0.3 is 11.9 Å². The number of carbonyl (C=O) groups is 2. The number of hydrogen-bond donors (Lipinski definition) is 4. The van der Waals surface area contributed by atoms with Crippen molar-refractivity contribution < 1.29 is 45.7 Å². The Labute approximate surface area is 124 Å². The second-order valence-electron chi connectivity index (χ2n) is 4.02. The number of carboxylic acid groups (broad SMARTS) is 2. The first-order chi connectivity index (χ1) is 9.82. The lowest BCUT2D eigenvalue weighted by atomic mass is 10.0. The summed E-state index contributed by atoms with van der Waals surface area (Å²) in [5.74, 6) is -3.84. The molecular weight excluding hydrogens is 344 g/mol. The van der Waals surface area contributed by atoms with Crippen molar-refractivity contribution in [2.24, 2.45) is 0 Å². The fourth-order valence-electron chi connectivity index (χ4n) is 1.92. The van der Waals surface area contributed by atoms with Crippen LogP contribution >= 0.6 is 0 Å². The van der Waals surface area contributed by atoms with Gasteiger partial charge in [-0.15, -0.1) is 0 Å². The summed E-state index contributed by atoms with van der Waals surface area (Å²) >= 11 is 0. The molecule has 12 heteroatoms. The molecule has 0 unspecified atom stereocenters. The molecular formula is C10H10O10S2. The van der Waals surface area contributed by atoms with Gasteiger partial charge in [0.25, 0.3) is 20.2 Å². The van der Waals surface area contributed by atoms with Gasteiger partial charge in [0.05, 0.1) is 11.1 Å². The van der Waals surface area contributed by atoms with E-state index in [-0.39, 0.29) is 6.07 Å². The molecule has 1 aromatic rings. The SMILES string of the molecule is CCc1c(C(=O)O)c(S(=O)(=O)O)cc(C(=O)O)c1S(=O)(=O)O. The second-order valence-corrected chi connectivity index (χ2v) is 6.77. The van der Waals surface area contributed by atoms with Crippen LogP contribution in [0.5, 0.6) is 0 Å². The molecule has 0 fully saturated rings. The van der Waals surface area contributed by atoms with Crippen molar-refractivity contribution >= 4 is 32.2 Å². The van der Waals surface area contributed by atoms with E-state index in [1.54, 1.807) is 0 Å². The maximum absolute atomic E-state index is 11.4. The molecule has 0 aromatic heterocycles. The average molecular weight is 354 g/mol. The molecule has 22 heavy (non-hydrogen) atoms. The smallest absolute Gasteiger partial charge is 0.337 e. The largest absolute Gasteiger partial charge is 0.478 e. The fourth-order valence-corrected chi connectivity index (χ4v) is 3.64. The predicted molar refractivity (Wildman–Crippen MR) is 69.4 cm³/mol. The van der Waals surface area contributed by atoms with Gasteiger partial charge < -0.3 is 10.2 Å².